The summed E-state index contributed by atoms with van der Waals surface area (Å²) in [6, 6.07) is -1.81. The topological polar surface area (TPSA) is 155 Å². The lowest BCUT2D eigenvalue weighted by Crippen LogP contribution is -2.56. The van der Waals surface area contributed by atoms with Gasteiger partial charge in [0, 0.05) is 37.0 Å². The lowest BCUT2D eigenvalue weighted by atomic mass is 9.83. The van der Waals surface area contributed by atoms with E-state index in [1.54, 1.807) is 20.8 Å². The minimum Gasteiger partial charge on any atom is -0.480 e. The lowest BCUT2D eigenvalue weighted by molar-refractivity contribution is -0.150. The van der Waals surface area contributed by atoms with Crippen molar-refractivity contribution in [1.29, 1.82) is 0 Å². The van der Waals surface area contributed by atoms with Crippen LogP contribution in [0.1, 0.15) is 46.5 Å². The van der Waals surface area contributed by atoms with E-state index in [0.717, 1.165) is 5.57 Å². The van der Waals surface area contributed by atoms with Crippen LogP contribution in [0.5, 0.6) is 0 Å². The lowest BCUT2D eigenvalue weighted by Gasteiger charge is -2.34. The van der Waals surface area contributed by atoms with Crippen molar-refractivity contribution >= 4 is 24.1 Å². The van der Waals surface area contributed by atoms with E-state index < -0.39 is 41.6 Å². The molecule has 1 aliphatic carbocycles. The highest BCUT2D eigenvalue weighted by Crippen LogP contribution is 2.42. The summed E-state index contributed by atoms with van der Waals surface area (Å²) < 4.78 is 16.5. The van der Waals surface area contributed by atoms with Gasteiger partial charge in [-0.15, -0.1) is 0 Å². The molecule has 12 nitrogen and oxygen atoms in total. The van der Waals surface area contributed by atoms with Gasteiger partial charge in [-0.2, -0.15) is 0 Å². The number of carboxylic acid groups (broad SMARTS) is 2. The van der Waals surface area contributed by atoms with Gasteiger partial charge in [0.25, 0.3) is 0 Å². The third-order valence-electron chi connectivity index (χ3n) is 7.55. The molecule has 0 radical (unpaired) electrons. The normalized spacial score (nSPS) is 25.0. The summed E-state index contributed by atoms with van der Waals surface area (Å²) in [7, 11) is 0. The van der Waals surface area contributed by atoms with Crippen LogP contribution in [0.25, 0.3) is 0 Å². The number of carbonyl (C=O) groups is 4. The van der Waals surface area contributed by atoms with Gasteiger partial charge in [-0.25, -0.2) is 14.4 Å². The highest BCUT2D eigenvalue weighted by Gasteiger charge is 2.43. The van der Waals surface area contributed by atoms with Gasteiger partial charge in [-0.1, -0.05) is 32.9 Å². The number of nitrogens with zero attached hydrogens (tertiary/aromatic N) is 2. The Hall–Kier alpha value is -3.70. The van der Waals surface area contributed by atoms with Gasteiger partial charge in [0.15, 0.2) is 11.5 Å². The maximum atomic E-state index is 13.1. The van der Waals surface area contributed by atoms with Crippen LogP contribution in [-0.2, 0) is 23.8 Å². The number of carboxylic acids is 1. The molecule has 4 rings (SSSR count). The van der Waals surface area contributed by atoms with Crippen LogP contribution < -0.4 is 5.32 Å². The molecule has 0 aromatic heterocycles. The second kappa shape index (κ2) is 11.6. The third kappa shape index (κ3) is 6.31. The Bertz CT molecular complexity index is 1090. The maximum Gasteiger partial charge on any atom is 0.407 e. The van der Waals surface area contributed by atoms with Crippen LogP contribution in [0.3, 0.4) is 0 Å². The number of rotatable bonds is 8. The Balaban J connectivity index is 1.28. The van der Waals surface area contributed by atoms with Gasteiger partial charge >= 0.3 is 18.2 Å². The Kier molecular flexibility index (Phi) is 8.41. The summed E-state index contributed by atoms with van der Waals surface area (Å²) in [6.07, 6.45) is 6.26. The van der Waals surface area contributed by atoms with E-state index in [-0.39, 0.29) is 25.2 Å². The highest BCUT2D eigenvalue weighted by molar-refractivity contribution is 5.90. The number of unbranched alkanes of at least 4 members (excludes halogenated alkanes) is 1. The van der Waals surface area contributed by atoms with Crippen LogP contribution in [0.2, 0.25) is 0 Å². The number of hydrogen-bond acceptors (Lipinski definition) is 7. The van der Waals surface area contributed by atoms with Crippen LogP contribution in [0.15, 0.2) is 35.3 Å². The minimum absolute atomic E-state index is 0.0111. The van der Waals surface area contributed by atoms with Crippen molar-refractivity contribution in [2.45, 2.75) is 58.5 Å². The van der Waals surface area contributed by atoms with E-state index in [1.165, 1.54) is 9.80 Å². The van der Waals surface area contributed by atoms with Crippen LogP contribution in [-0.4, -0.2) is 89.2 Å². The molecule has 0 saturated carbocycles. The predicted octanol–water partition coefficient (Wildman–Crippen LogP) is 2.92. The molecule has 3 aliphatic heterocycles. The van der Waals surface area contributed by atoms with Crippen molar-refractivity contribution in [2.75, 3.05) is 33.0 Å². The van der Waals surface area contributed by atoms with Gasteiger partial charge in [0.05, 0.1) is 6.61 Å². The zero-order chi connectivity index (χ0) is 28.3. The SMILES string of the molecule is CC(C)(C)C(NC(=O)OCCCC=CC1=C2OCOC2=CC2CN(C(=O)O)CC12)C(=O)N1CCCC1C(=O)O. The van der Waals surface area contributed by atoms with Gasteiger partial charge in [-0.3, -0.25) is 4.79 Å². The smallest absolute Gasteiger partial charge is 0.407 e. The number of fused-ring (bicyclic) bond motifs is 2. The second-order valence-electron chi connectivity index (χ2n) is 11.3. The van der Waals surface area contributed by atoms with E-state index in [2.05, 4.69) is 5.32 Å². The molecule has 39 heavy (non-hydrogen) atoms. The molecule has 214 valence electrons. The fourth-order valence-electron chi connectivity index (χ4n) is 5.52. The summed E-state index contributed by atoms with van der Waals surface area (Å²) in [5.41, 5.74) is 0.262. The van der Waals surface area contributed by atoms with E-state index in [4.69, 9.17) is 14.2 Å². The number of carbonyl (C=O) groups excluding carboxylic acids is 2. The number of alkyl carbamates (subject to hydrolysis) is 1. The molecule has 4 aliphatic rings. The number of nitrogens with one attached hydrogen (secondary N) is 1. The molecule has 3 N–H and O–H groups in total. The maximum absolute atomic E-state index is 13.1. The Morgan fingerprint density at radius 1 is 1.21 bits per heavy atom. The summed E-state index contributed by atoms with van der Waals surface area (Å²) in [5, 5.41) is 21.5. The van der Waals surface area contributed by atoms with Crippen molar-refractivity contribution in [2.24, 2.45) is 17.3 Å². The number of ether oxygens (including phenoxy) is 3. The first kappa shape index (κ1) is 28.3. The molecule has 0 bridgehead atoms. The summed E-state index contributed by atoms with van der Waals surface area (Å²) in [6.45, 7) is 6.81. The third-order valence-corrected chi connectivity index (χ3v) is 7.55. The predicted molar refractivity (Wildman–Crippen MR) is 137 cm³/mol. The van der Waals surface area contributed by atoms with Crippen molar-refractivity contribution in [3.05, 3.63) is 35.3 Å². The Labute approximate surface area is 227 Å². The zero-order valence-electron chi connectivity index (χ0n) is 22.6. The molecular weight excluding hydrogens is 510 g/mol. The number of hydrogen-bond donors (Lipinski definition) is 3. The number of amides is 3. The highest BCUT2D eigenvalue weighted by atomic mass is 16.7. The molecular formula is C27H37N3O9. The Morgan fingerprint density at radius 3 is 2.67 bits per heavy atom. The molecule has 12 heteroatoms. The molecule has 4 unspecified atom stereocenters. The van der Waals surface area contributed by atoms with Crippen molar-refractivity contribution in [3.8, 4) is 0 Å². The van der Waals surface area contributed by atoms with Crippen LogP contribution >= 0.6 is 0 Å². The average molecular weight is 548 g/mol. The van der Waals surface area contributed by atoms with E-state index in [0.29, 0.717) is 56.8 Å². The molecule has 3 saturated heterocycles. The summed E-state index contributed by atoms with van der Waals surface area (Å²) in [5.74, 6) is -0.157. The quantitative estimate of drug-likeness (QED) is 0.389. The molecule has 0 spiro atoms. The van der Waals surface area contributed by atoms with Gasteiger partial charge in [0.1, 0.15) is 12.1 Å². The monoisotopic (exact) mass is 547 g/mol. The molecule has 3 amide bonds. The fourth-order valence-corrected chi connectivity index (χ4v) is 5.52. The van der Waals surface area contributed by atoms with E-state index in [1.807, 2.05) is 18.2 Å². The first-order valence-corrected chi connectivity index (χ1v) is 13.3. The first-order chi connectivity index (χ1) is 18.5. The van der Waals surface area contributed by atoms with Crippen molar-refractivity contribution in [1.82, 2.24) is 15.1 Å². The molecule has 4 atom stereocenters. The van der Waals surface area contributed by atoms with Gasteiger partial charge < -0.3 is 39.5 Å². The molecule has 3 fully saturated rings. The van der Waals surface area contributed by atoms with Crippen molar-refractivity contribution < 1.29 is 43.6 Å². The summed E-state index contributed by atoms with van der Waals surface area (Å²) in [4.78, 5) is 51.4. The van der Waals surface area contributed by atoms with Crippen LogP contribution in [0, 0.1) is 17.3 Å². The average Bonchev–Trinajstić information content (AvgIpc) is 3.61. The molecule has 0 aromatic rings. The largest absolute Gasteiger partial charge is 0.480 e. The zero-order valence-corrected chi connectivity index (χ0v) is 22.6. The number of aliphatic carboxylic acids is 1. The van der Waals surface area contributed by atoms with Gasteiger partial charge in [-0.05, 0) is 37.2 Å². The van der Waals surface area contributed by atoms with Crippen molar-refractivity contribution in [3.63, 3.8) is 0 Å². The van der Waals surface area contributed by atoms with E-state index in [9.17, 15) is 29.4 Å². The minimum atomic E-state index is -1.05. The second-order valence-corrected chi connectivity index (χ2v) is 11.3. The fraction of sp³-hybridized carbons (Fsp3) is 0.630. The number of likely N-dealkylation sites (tertiary alicyclic amines) is 2. The van der Waals surface area contributed by atoms with Gasteiger partial charge in [0.2, 0.25) is 12.7 Å². The number of allylic oxidation sites excluding steroid dienone is 2. The standard InChI is InChI=1S/C27H37N3O9/c1-27(2,3)22(23(31)30-10-7-9-19(30)24(32)33)28-25(34)37-11-6-4-5-8-17-18-14-29(26(35)36)13-16(18)12-20-21(17)39-15-38-20/h5,8,12,16,18-19,22H,4,6-7,9-11,13-15H2,1-3H3,(H,28,34)(H,32,33)(H,35,36). The Morgan fingerprint density at radius 2 is 1.97 bits per heavy atom. The first-order valence-electron chi connectivity index (χ1n) is 13.3. The van der Waals surface area contributed by atoms with Crippen LogP contribution in [0.4, 0.5) is 9.59 Å². The molecule has 0 aromatic carbocycles. The molecule has 3 heterocycles. The van der Waals surface area contributed by atoms with E-state index >= 15 is 0 Å². The summed E-state index contributed by atoms with van der Waals surface area (Å²) >= 11 is 0.